The summed E-state index contributed by atoms with van der Waals surface area (Å²) in [5.74, 6) is 0.823. The van der Waals surface area contributed by atoms with Gasteiger partial charge in [0, 0.05) is 23.2 Å². The van der Waals surface area contributed by atoms with Crippen LogP contribution in [-0.2, 0) is 5.41 Å². The summed E-state index contributed by atoms with van der Waals surface area (Å²) in [5, 5.41) is 3.79. The Bertz CT molecular complexity index is 1650. The molecule has 0 amide bonds. The van der Waals surface area contributed by atoms with Gasteiger partial charge in [-0.25, -0.2) is 0 Å². The Morgan fingerprint density at radius 3 is 1.92 bits per heavy atom. The van der Waals surface area contributed by atoms with Gasteiger partial charge in [-0.3, -0.25) is 0 Å². The van der Waals surface area contributed by atoms with Gasteiger partial charge in [-0.2, -0.15) is 0 Å². The zero-order valence-electron chi connectivity index (χ0n) is 21.3. The van der Waals surface area contributed by atoms with Gasteiger partial charge in [0.05, 0.1) is 5.41 Å². The maximum atomic E-state index is 3.79. The number of fused-ring (bicyclic) bond motifs is 10. The van der Waals surface area contributed by atoms with Gasteiger partial charge < -0.3 is 5.32 Å². The van der Waals surface area contributed by atoms with Crippen molar-refractivity contribution in [2.45, 2.75) is 24.2 Å². The molecule has 4 aliphatic rings. The largest absolute Gasteiger partial charge is 0.359 e. The molecule has 0 aliphatic heterocycles. The second-order valence-electron chi connectivity index (χ2n) is 10.9. The van der Waals surface area contributed by atoms with Crippen LogP contribution in [-0.4, -0.2) is 0 Å². The van der Waals surface area contributed by atoms with Crippen LogP contribution < -0.4 is 5.32 Å². The molecular formula is C37H29N. The standard InChI is InChI=1S/C37H29N/c1-2-10-25(11-3-1)26-18-20-27(21-19-26)38-28-22-23-32-31-14-6-9-17-35(31)37(36(32)24-28)33-15-7-4-12-29(33)30-13-5-8-16-34(30)37/h1-10,12-23,25,36,38H,11,24H2. The normalized spacial score (nSPS) is 21.3. The number of hydrogen-bond donors (Lipinski definition) is 1. The first kappa shape index (κ1) is 21.7. The molecule has 4 aliphatic carbocycles. The highest BCUT2D eigenvalue weighted by atomic mass is 14.9. The third-order valence-corrected chi connectivity index (χ3v) is 9.07. The van der Waals surface area contributed by atoms with E-state index < -0.39 is 0 Å². The van der Waals surface area contributed by atoms with Crippen molar-refractivity contribution < 1.29 is 0 Å². The van der Waals surface area contributed by atoms with Crippen LogP contribution in [0.15, 0.2) is 139 Å². The molecule has 1 spiro atoms. The molecule has 0 heterocycles. The molecule has 1 N–H and O–H groups in total. The van der Waals surface area contributed by atoms with Crippen molar-refractivity contribution in [3.63, 3.8) is 0 Å². The first-order valence-corrected chi connectivity index (χ1v) is 13.7. The van der Waals surface area contributed by atoms with E-state index in [0.717, 1.165) is 18.5 Å². The van der Waals surface area contributed by atoms with E-state index in [4.69, 9.17) is 0 Å². The maximum absolute atomic E-state index is 3.79. The molecule has 1 nitrogen and oxygen atoms in total. The SMILES string of the molecule is C1=CCC(c2ccc(NC3=CC=C4c5ccccc5C5(c6ccccc6-c6ccccc65)C4C3)cc2)C=C1. The van der Waals surface area contributed by atoms with E-state index in [9.17, 15) is 0 Å². The first-order chi connectivity index (χ1) is 18.8. The van der Waals surface area contributed by atoms with E-state index in [-0.39, 0.29) is 5.41 Å². The molecular weight excluding hydrogens is 458 g/mol. The fourth-order valence-corrected chi connectivity index (χ4v) is 7.49. The average molecular weight is 488 g/mol. The van der Waals surface area contributed by atoms with E-state index in [0.29, 0.717) is 11.8 Å². The van der Waals surface area contributed by atoms with Crippen molar-refractivity contribution in [1.29, 1.82) is 0 Å². The monoisotopic (exact) mass is 487 g/mol. The van der Waals surface area contributed by atoms with E-state index in [1.807, 2.05) is 0 Å². The smallest absolute Gasteiger partial charge is 0.0541 e. The third kappa shape index (κ3) is 2.99. The predicted octanol–water partition coefficient (Wildman–Crippen LogP) is 9.01. The fourth-order valence-electron chi connectivity index (χ4n) is 7.49. The lowest BCUT2D eigenvalue weighted by atomic mass is 9.65. The fraction of sp³-hybridized carbons (Fsp3) is 0.135. The van der Waals surface area contributed by atoms with E-state index in [1.165, 1.54) is 50.2 Å². The topological polar surface area (TPSA) is 12.0 Å². The third-order valence-electron chi connectivity index (χ3n) is 9.07. The van der Waals surface area contributed by atoms with E-state index in [2.05, 4.69) is 139 Å². The van der Waals surface area contributed by atoms with Gasteiger partial charge in [-0.1, -0.05) is 115 Å². The Hall–Kier alpha value is -4.36. The molecule has 2 unspecified atom stereocenters. The van der Waals surface area contributed by atoms with Crippen molar-refractivity contribution in [2.75, 3.05) is 5.32 Å². The van der Waals surface area contributed by atoms with Gasteiger partial charge in [-0.15, -0.1) is 0 Å². The number of rotatable bonds is 3. The second kappa shape index (κ2) is 8.33. The molecule has 0 radical (unpaired) electrons. The van der Waals surface area contributed by atoms with Crippen molar-refractivity contribution in [2.24, 2.45) is 5.92 Å². The van der Waals surface area contributed by atoms with Gasteiger partial charge in [0.1, 0.15) is 0 Å². The van der Waals surface area contributed by atoms with Gasteiger partial charge in [0.25, 0.3) is 0 Å². The molecule has 4 aromatic carbocycles. The highest BCUT2D eigenvalue weighted by molar-refractivity contribution is 5.92. The van der Waals surface area contributed by atoms with Crippen LogP contribution in [0.2, 0.25) is 0 Å². The zero-order chi connectivity index (χ0) is 25.1. The van der Waals surface area contributed by atoms with Crippen LogP contribution in [0.4, 0.5) is 5.69 Å². The van der Waals surface area contributed by atoms with E-state index in [1.54, 1.807) is 0 Å². The van der Waals surface area contributed by atoms with Crippen molar-refractivity contribution in [3.05, 3.63) is 167 Å². The molecule has 0 saturated carbocycles. The second-order valence-corrected chi connectivity index (χ2v) is 10.9. The number of hydrogen-bond acceptors (Lipinski definition) is 1. The summed E-state index contributed by atoms with van der Waals surface area (Å²) >= 11 is 0. The first-order valence-electron chi connectivity index (χ1n) is 13.7. The maximum Gasteiger partial charge on any atom is 0.0541 e. The highest BCUT2D eigenvalue weighted by Gasteiger charge is 2.56. The summed E-state index contributed by atoms with van der Waals surface area (Å²) in [7, 11) is 0. The van der Waals surface area contributed by atoms with Crippen molar-refractivity contribution in [3.8, 4) is 11.1 Å². The lowest BCUT2D eigenvalue weighted by Crippen LogP contribution is -2.33. The summed E-state index contributed by atoms with van der Waals surface area (Å²) < 4.78 is 0. The molecule has 38 heavy (non-hydrogen) atoms. The minimum Gasteiger partial charge on any atom is -0.359 e. The van der Waals surface area contributed by atoms with E-state index >= 15 is 0 Å². The quantitative estimate of drug-likeness (QED) is 0.304. The Labute approximate surface area is 224 Å². The molecule has 0 aromatic heterocycles. The molecule has 0 bridgehead atoms. The summed E-state index contributed by atoms with van der Waals surface area (Å²) in [5.41, 5.74) is 13.6. The van der Waals surface area contributed by atoms with Crippen LogP contribution in [0.3, 0.4) is 0 Å². The Balaban J connectivity index is 1.20. The Morgan fingerprint density at radius 2 is 1.26 bits per heavy atom. The van der Waals surface area contributed by atoms with Gasteiger partial charge >= 0.3 is 0 Å². The van der Waals surface area contributed by atoms with Gasteiger partial charge in [-0.05, 0) is 75.6 Å². The van der Waals surface area contributed by atoms with Crippen molar-refractivity contribution in [1.82, 2.24) is 0 Å². The minimum atomic E-state index is -0.165. The Morgan fingerprint density at radius 1 is 0.632 bits per heavy atom. The van der Waals surface area contributed by atoms with Crippen LogP contribution >= 0.6 is 0 Å². The Kier molecular flexibility index (Phi) is 4.76. The molecule has 0 fully saturated rings. The molecule has 2 atom stereocenters. The molecule has 182 valence electrons. The number of benzene rings is 4. The summed E-state index contributed by atoms with van der Waals surface area (Å²) in [4.78, 5) is 0. The summed E-state index contributed by atoms with van der Waals surface area (Å²) in [6, 6.07) is 36.3. The summed E-state index contributed by atoms with van der Waals surface area (Å²) in [6.07, 6.45) is 15.6. The summed E-state index contributed by atoms with van der Waals surface area (Å²) in [6.45, 7) is 0. The lowest BCUT2D eigenvalue weighted by Gasteiger charge is -2.37. The predicted molar refractivity (Wildman–Crippen MR) is 158 cm³/mol. The van der Waals surface area contributed by atoms with Crippen LogP contribution in [0.25, 0.3) is 16.7 Å². The number of allylic oxidation sites excluding steroid dienone is 8. The lowest BCUT2D eigenvalue weighted by molar-refractivity contribution is 0.486. The molecule has 8 rings (SSSR count). The average Bonchev–Trinajstić information content (AvgIpc) is 3.45. The van der Waals surface area contributed by atoms with Gasteiger partial charge in [0.2, 0.25) is 0 Å². The zero-order valence-corrected chi connectivity index (χ0v) is 21.3. The van der Waals surface area contributed by atoms with Gasteiger partial charge in [0.15, 0.2) is 0 Å². The number of nitrogens with one attached hydrogen (secondary N) is 1. The molecule has 0 saturated heterocycles. The van der Waals surface area contributed by atoms with Crippen molar-refractivity contribution >= 4 is 11.3 Å². The molecule has 4 aromatic rings. The minimum absolute atomic E-state index is 0.165. The number of anilines is 1. The van der Waals surface area contributed by atoms with Crippen LogP contribution in [0, 0.1) is 5.92 Å². The van der Waals surface area contributed by atoms with Crippen LogP contribution in [0.5, 0.6) is 0 Å². The highest BCUT2D eigenvalue weighted by Crippen LogP contribution is 2.65. The molecule has 1 heteroatoms. The van der Waals surface area contributed by atoms with Crippen LogP contribution in [0.1, 0.15) is 46.6 Å².